The lowest BCUT2D eigenvalue weighted by Crippen LogP contribution is -2.31. The van der Waals surface area contributed by atoms with Crippen molar-refractivity contribution in [2.75, 3.05) is 6.54 Å². The molecule has 0 aliphatic carbocycles. The molecule has 0 heterocycles. The topological polar surface area (TPSA) is 80.0 Å². The van der Waals surface area contributed by atoms with Crippen LogP contribution in [0.3, 0.4) is 0 Å². The van der Waals surface area contributed by atoms with Crippen molar-refractivity contribution in [1.82, 2.24) is 4.42 Å². The lowest BCUT2D eigenvalue weighted by molar-refractivity contribution is 0.687. The standard InChI is InChI=1S/C4H9Cl2N5/c1-2-11(6)4(8)9-3(7)10-5/h2H2,1H3,(H4,7,8,9,10). The van der Waals surface area contributed by atoms with Crippen LogP contribution in [0, 0.1) is 0 Å². The summed E-state index contributed by atoms with van der Waals surface area (Å²) in [6, 6.07) is 0. The summed E-state index contributed by atoms with van der Waals surface area (Å²) in [7, 11) is 0. The predicted octanol–water partition coefficient (Wildman–Crippen LogP) is 0.245. The summed E-state index contributed by atoms with van der Waals surface area (Å²) in [4.78, 5) is 3.55. The van der Waals surface area contributed by atoms with E-state index in [1.807, 2.05) is 6.92 Å². The molecule has 0 atom stereocenters. The smallest absolute Gasteiger partial charge is 0.235 e. The highest BCUT2D eigenvalue weighted by molar-refractivity contribution is 6.23. The van der Waals surface area contributed by atoms with Crippen LogP contribution < -0.4 is 11.5 Å². The van der Waals surface area contributed by atoms with Crippen molar-refractivity contribution in [2.45, 2.75) is 6.92 Å². The highest BCUT2D eigenvalue weighted by Gasteiger charge is 2.00. The van der Waals surface area contributed by atoms with Gasteiger partial charge in [0.25, 0.3) is 0 Å². The van der Waals surface area contributed by atoms with Crippen LogP contribution in [-0.2, 0) is 0 Å². The van der Waals surface area contributed by atoms with E-state index in [-0.39, 0.29) is 11.9 Å². The Morgan fingerprint density at radius 1 is 1.55 bits per heavy atom. The maximum Gasteiger partial charge on any atom is 0.235 e. The molecule has 0 fully saturated rings. The van der Waals surface area contributed by atoms with Crippen LogP contribution >= 0.6 is 23.6 Å². The lowest BCUT2D eigenvalue weighted by atomic mass is 10.7. The molecule has 64 valence electrons. The first-order valence-corrected chi connectivity index (χ1v) is 3.51. The van der Waals surface area contributed by atoms with Gasteiger partial charge in [0.2, 0.25) is 11.9 Å². The minimum absolute atomic E-state index is 0.0658. The van der Waals surface area contributed by atoms with Crippen molar-refractivity contribution in [3.63, 3.8) is 0 Å². The van der Waals surface area contributed by atoms with E-state index in [2.05, 4.69) is 9.50 Å². The van der Waals surface area contributed by atoms with Crippen LogP contribution in [0.25, 0.3) is 0 Å². The van der Waals surface area contributed by atoms with Gasteiger partial charge in [-0.1, -0.05) is 0 Å². The predicted molar refractivity (Wildman–Crippen MR) is 47.3 cm³/mol. The second-order valence-electron chi connectivity index (χ2n) is 1.59. The molecule has 0 aromatic rings. The normalized spacial score (nSPS) is 13.4. The summed E-state index contributed by atoms with van der Waals surface area (Å²) in [6.45, 7) is 2.33. The Hall–Kier alpha value is -0.680. The van der Waals surface area contributed by atoms with Gasteiger partial charge in [-0.3, -0.25) is 4.42 Å². The highest BCUT2D eigenvalue weighted by atomic mass is 35.5. The molecular formula is C4H9Cl2N5. The van der Waals surface area contributed by atoms with Crippen LogP contribution in [0.5, 0.6) is 0 Å². The zero-order chi connectivity index (χ0) is 8.85. The van der Waals surface area contributed by atoms with E-state index in [1.54, 1.807) is 0 Å². The average Bonchev–Trinajstić information content (AvgIpc) is 2.02. The quantitative estimate of drug-likeness (QED) is 0.360. The van der Waals surface area contributed by atoms with Crippen LogP contribution in [0.2, 0.25) is 0 Å². The van der Waals surface area contributed by atoms with E-state index in [0.717, 1.165) is 0 Å². The van der Waals surface area contributed by atoms with E-state index in [4.69, 9.17) is 35.0 Å². The Bertz CT molecular complexity index is 177. The molecule has 4 N–H and O–H groups in total. The third kappa shape index (κ3) is 3.90. The van der Waals surface area contributed by atoms with Gasteiger partial charge >= 0.3 is 0 Å². The molecule has 0 aromatic carbocycles. The number of hydrogen-bond acceptors (Lipinski definition) is 1. The van der Waals surface area contributed by atoms with Gasteiger partial charge in [0.1, 0.15) is 0 Å². The first kappa shape index (κ1) is 10.3. The molecule has 0 aliphatic heterocycles. The Kier molecular flexibility index (Phi) is 4.72. The van der Waals surface area contributed by atoms with Gasteiger partial charge in [-0.2, -0.15) is 4.99 Å². The monoisotopic (exact) mass is 197 g/mol. The van der Waals surface area contributed by atoms with Crippen molar-refractivity contribution in [1.29, 1.82) is 0 Å². The second kappa shape index (κ2) is 5.03. The summed E-state index contributed by atoms with van der Waals surface area (Å²) in [5.74, 6) is -0.0562. The number of hydrogen-bond donors (Lipinski definition) is 2. The maximum absolute atomic E-state index is 5.54. The molecular weight excluding hydrogens is 189 g/mol. The van der Waals surface area contributed by atoms with E-state index in [9.17, 15) is 0 Å². The molecule has 7 heteroatoms. The fourth-order valence-corrected chi connectivity index (χ4v) is 0.428. The maximum atomic E-state index is 5.54. The Labute approximate surface area is 74.9 Å². The zero-order valence-corrected chi connectivity index (χ0v) is 7.47. The fourth-order valence-electron chi connectivity index (χ4n) is 0.353. The molecule has 0 radical (unpaired) electrons. The van der Waals surface area contributed by atoms with Gasteiger partial charge in [-0.15, -0.1) is 4.51 Å². The fraction of sp³-hybridized carbons (Fsp3) is 0.500. The number of rotatable bonds is 1. The van der Waals surface area contributed by atoms with Gasteiger partial charge in [0.15, 0.2) is 0 Å². The Morgan fingerprint density at radius 2 is 2.09 bits per heavy atom. The number of halogens is 2. The molecule has 0 saturated carbocycles. The number of aliphatic imine (C=N–C) groups is 1. The Balaban J connectivity index is 4.21. The molecule has 0 saturated heterocycles. The van der Waals surface area contributed by atoms with Gasteiger partial charge in [-0.05, 0) is 6.92 Å². The van der Waals surface area contributed by atoms with Crippen LogP contribution in [0.15, 0.2) is 9.50 Å². The summed E-state index contributed by atoms with van der Waals surface area (Å²) in [5, 5.41) is 0. The number of nitrogens with two attached hydrogens (primary N) is 2. The summed E-state index contributed by atoms with van der Waals surface area (Å²) in [5.41, 5.74) is 10.5. The van der Waals surface area contributed by atoms with E-state index in [1.165, 1.54) is 4.42 Å². The van der Waals surface area contributed by atoms with Crippen LogP contribution in [0.1, 0.15) is 6.92 Å². The molecule has 0 bridgehead atoms. The van der Waals surface area contributed by atoms with Crippen molar-refractivity contribution in [3.8, 4) is 0 Å². The van der Waals surface area contributed by atoms with Gasteiger partial charge in [-0.25, -0.2) is 0 Å². The second-order valence-corrected chi connectivity index (χ2v) is 2.17. The van der Waals surface area contributed by atoms with E-state index >= 15 is 0 Å². The molecule has 0 rings (SSSR count). The van der Waals surface area contributed by atoms with Gasteiger partial charge in [0.05, 0.1) is 0 Å². The molecule has 0 amide bonds. The lowest BCUT2D eigenvalue weighted by Gasteiger charge is -2.09. The number of guanidine groups is 2. The molecule has 0 aliphatic rings. The van der Waals surface area contributed by atoms with E-state index in [0.29, 0.717) is 6.54 Å². The van der Waals surface area contributed by atoms with Crippen molar-refractivity contribution in [2.24, 2.45) is 21.0 Å². The van der Waals surface area contributed by atoms with Crippen molar-refractivity contribution >= 4 is 35.5 Å². The molecule has 0 spiro atoms. The molecule has 11 heavy (non-hydrogen) atoms. The molecule has 0 aromatic heterocycles. The number of nitrogens with zero attached hydrogens (tertiary/aromatic N) is 3. The Morgan fingerprint density at radius 3 is 2.45 bits per heavy atom. The minimum Gasteiger partial charge on any atom is -0.368 e. The largest absolute Gasteiger partial charge is 0.368 e. The first-order chi connectivity index (χ1) is 5.11. The summed E-state index contributed by atoms with van der Waals surface area (Å²) >= 11 is 10.5. The summed E-state index contributed by atoms with van der Waals surface area (Å²) in [6.07, 6.45) is 0. The van der Waals surface area contributed by atoms with Gasteiger partial charge < -0.3 is 11.5 Å². The van der Waals surface area contributed by atoms with Gasteiger partial charge in [0, 0.05) is 30.1 Å². The molecule has 5 nitrogen and oxygen atoms in total. The van der Waals surface area contributed by atoms with Crippen LogP contribution in [0.4, 0.5) is 0 Å². The van der Waals surface area contributed by atoms with Crippen molar-refractivity contribution in [3.05, 3.63) is 0 Å². The average molecular weight is 198 g/mol. The van der Waals surface area contributed by atoms with Crippen molar-refractivity contribution < 1.29 is 0 Å². The van der Waals surface area contributed by atoms with Crippen LogP contribution in [-0.4, -0.2) is 22.9 Å². The molecule has 0 unspecified atom stereocenters. The zero-order valence-electron chi connectivity index (χ0n) is 5.96. The van der Waals surface area contributed by atoms with E-state index < -0.39 is 0 Å². The third-order valence-corrected chi connectivity index (χ3v) is 1.43. The first-order valence-electron chi connectivity index (χ1n) is 2.83. The highest BCUT2D eigenvalue weighted by Crippen LogP contribution is 1.91. The SMILES string of the molecule is CCN(Cl)C(N)=NC(N)=NCl. The third-order valence-electron chi connectivity index (χ3n) is 0.842. The summed E-state index contributed by atoms with van der Waals surface area (Å²) < 4.78 is 4.25. The minimum atomic E-state index is -0.122.